The summed E-state index contributed by atoms with van der Waals surface area (Å²) in [6.07, 6.45) is 1.93. The average Bonchev–Trinajstić information content (AvgIpc) is 2.18. The molecule has 0 fully saturated rings. The first-order valence-corrected chi connectivity index (χ1v) is 6.50. The van der Waals surface area contributed by atoms with Crippen LogP contribution in [-0.4, -0.2) is 21.8 Å². The molecule has 0 unspecified atom stereocenters. The van der Waals surface area contributed by atoms with Crippen molar-refractivity contribution in [1.29, 1.82) is 0 Å². The summed E-state index contributed by atoms with van der Waals surface area (Å²) < 4.78 is 22.8. The molecule has 0 heterocycles. The average molecular weight is 233 g/mol. The van der Waals surface area contributed by atoms with E-state index in [0.717, 1.165) is 4.90 Å². The fourth-order valence-corrected chi connectivity index (χ4v) is 2.13. The smallest absolute Gasteiger partial charge is 0.262 e. The molecular weight excluding hydrogens is 222 g/mol. The third kappa shape index (κ3) is 2.71. The van der Waals surface area contributed by atoms with Gasteiger partial charge in [-0.15, -0.1) is 11.8 Å². The Morgan fingerprint density at radius 1 is 1.29 bits per heavy atom. The molecule has 1 N–H and O–H groups in total. The predicted octanol–water partition coefficient (Wildman–Crippen LogP) is 1.25. The fraction of sp³-hybridized carbons (Fsp3) is 0.250. The van der Waals surface area contributed by atoms with E-state index in [0.29, 0.717) is 0 Å². The van der Waals surface area contributed by atoms with E-state index in [1.807, 2.05) is 11.1 Å². The third-order valence-corrected chi connectivity index (χ3v) is 3.59. The number of nitrogens with one attached hydrogen (secondary N) is 1. The van der Waals surface area contributed by atoms with Crippen molar-refractivity contribution in [3.05, 3.63) is 24.3 Å². The van der Waals surface area contributed by atoms with E-state index in [1.54, 1.807) is 23.9 Å². The van der Waals surface area contributed by atoms with Gasteiger partial charge in [-0.25, -0.2) is 8.42 Å². The van der Waals surface area contributed by atoms with Gasteiger partial charge in [-0.2, -0.15) is 0 Å². The van der Waals surface area contributed by atoms with Crippen LogP contribution in [0.3, 0.4) is 0 Å². The van der Waals surface area contributed by atoms with Crippen molar-refractivity contribution in [3.8, 4) is 0 Å². The van der Waals surface area contributed by atoms with Gasteiger partial charge in [0.2, 0.25) is 0 Å². The summed E-state index contributed by atoms with van der Waals surface area (Å²) in [4.78, 5) is 7.52. The maximum absolute atomic E-state index is 11.4. The minimum absolute atomic E-state index is 0.192. The molecule has 4 nitrogen and oxygen atoms in total. The van der Waals surface area contributed by atoms with Crippen LogP contribution >= 0.6 is 11.8 Å². The van der Waals surface area contributed by atoms with Gasteiger partial charge in [-0.3, -0.25) is 4.84 Å². The van der Waals surface area contributed by atoms with E-state index in [1.165, 1.54) is 19.2 Å². The molecule has 0 aliphatic rings. The monoisotopic (exact) mass is 233 g/mol. The minimum Gasteiger partial charge on any atom is -0.290 e. The molecule has 0 aliphatic heterocycles. The maximum Gasteiger partial charge on any atom is 0.262 e. The lowest BCUT2D eigenvalue weighted by Crippen LogP contribution is -2.22. The Morgan fingerprint density at radius 2 is 1.86 bits per heavy atom. The van der Waals surface area contributed by atoms with Gasteiger partial charge in [0.25, 0.3) is 10.0 Å². The molecule has 1 aromatic rings. The number of thioether (sulfide) groups is 1. The highest BCUT2D eigenvalue weighted by Gasteiger charge is 2.12. The van der Waals surface area contributed by atoms with Crippen LogP contribution in [0.2, 0.25) is 0 Å². The van der Waals surface area contributed by atoms with E-state index in [2.05, 4.69) is 4.84 Å². The van der Waals surface area contributed by atoms with Crippen LogP contribution in [0.15, 0.2) is 34.1 Å². The van der Waals surface area contributed by atoms with E-state index in [9.17, 15) is 8.42 Å². The van der Waals surface area contributed by atoms with Gasteiger partial charge in [0.05, 0.1) is 12.0 Å². The Bertz CT molecular complexity index is 386. The largest absolute Gasteiger partial charge is 0.290 e. The molecule has 1 aromatic carbocycles. The van der Waals surface area contributed by atoms with Crippen molar-refractivity contribution in [2.75, 3.05) is 13.4 Å². The lowest BCUT2D eigenvalue weighted by Gasteiger charge is -2.04. The maximum atomic E-state index is 11.4. The van der Waals surface area contributed by atoms with Crippen LogP contribution in [0.5, 0.6) is 0 Å². The minimum atomic E-state index is -3.52. The molecule has 0 atom stereocenters. The van der Waals surface area contributed by atoms with Gasteiger partial charge in [-0.05, 0) is 30.5 Å². The summed E-state index contributed by atoms with van der Waals surface area (Å²) in [5, 5.41) is 0. The van der Waals surface area contributed by atoms with Crippen LogP contribution in [-0.2, 0) is 14.9 Å². The number of sulfonamides is 1. The number of rotatable bonds is 4. The number of hydrogen-bond donors (Lipinski definition) is 1. The zero-order valence-electron chi connectivity index (χ0n) is 7.85. The highest BCUT2D eigenvalue weighted by molar-refractivity contribution is 7.98. The summed E-state index contributed by atoms with van der Waals surface area (Å²) in [6, 6.07) is 6.56. The second-order valence-corrected chi connectivity index (χ2v) is 4.99. The second-order valence-electron chi connectivity index (χ2n) is 2.47. The van der Waals surface area contributed by atoms with Gasteiger partial charge < -0.3 is 0 Å². The zero-order chi connectivity index (χ0) is 10.6. The SMILES string of the molecule is CONS(=O)(=O)c1ccc(SC)cc1. The summed E-state index contributed by atoms with van der Waals surface area (Å²) in [5.41, 5.74) is 0. The molecule has 6 heteroatoms. The van der Waals surface area contributed by atoms with Crippen molar-refractivity contribution >= 4 is 21.8 Å². The molecule has 0 bridgehead atoms. The molecule has 0 radical (unpaired) electrons. The van der Waals surface area contributed by atoms with Gasteiger partial charge in [0.15, 0.2) is 0 Å². The van der Waals surface area contributed by atoms with Crippen LogP contribution in [0.1, 0.15) is 0 Å². The normalized spacial score (nSPS) is 11.6. The van der Waals surface area contributed by atoms with E-state index in [4.69, 9.17) is 0 Å². The third-order valence-electron chi connectivity index (χ3n) is 1.56. The molecule has 14 heavy (non-hydrogen) atoms. The molecule has 0 saturated carbocycles. The van der Waals surface area contributed by atoms with Crippen molar-refractivity contribution in [2.24, 2.45) is 0 Å². The summed E-state index contributed by atoms with van der Waals surface area (Å²) in [7, 11) is -2.26. The lowest BCUT2D eigenvalue weighted by molar-refractivity contribution is 0.153. The lowest BCUT2D eigenvalue weighted by atomic mass is 10.4. The van der Waals surface area contributed by atoms with Crippen molar-refractivity contribution in [1.82, 2.24) is 4.89 Å². The summed E-state index contributed by atoms with van der Waals surface area (Å²) in [5.74, 6) is 0. The van der Waals surface area contributed by atoms with E-state index in [-0.39, 0.29) is 4.90 Å². The Balaban J connectivity index is 2.97. The van der Waals surface area contributed by atoms with Gasteiger partial charge in [0, 0.05) is 4.90 Å². The Hall–Kier alpha value is -0.560. The second kappa shape index (κ2) is 4.79. The first kappa shape index (κ1) is 11.5. The van der Waals surface area contributed by atoms with Crippen molar-refractivity contribution in [2.45, 2.75) is 9.79 Å². The highest BCUT2D eigenvalue weighted by Crippen LogP contribution is 2.17. The Morgan fingerprint density at radius 3 is 2.29 bits per heavy atom. The van der Waals surface area contributed by atoms with Crippen LogP contribution < -0.4 is 4.89 Å². The first-order valence-electron chi connectivity index (χ1n) is 3.79. The Labute approximate surface area is 87.7 Å². The van der Waals surface area contributed by atoms with E-state index < -0.39 is 10.0 Å². The highest BCUT2D eigenvalue weighted by atomic mass is 32.2. The number of benzene rings is 1. The quantitative estimate of drug-likeness (QED) is 0.628. The van der Waals surface area contributed by atoms with Crippen molar-refractivity contribution < 1.29 is 13.3 Å². The van der Waals surface area contributed by atoms with Gasteiger partial charge in [0.1, 0.15) is 0 Å². The van der Waals surface area contributed by atoms with Crippen molar-refractivity contribution in [3.63, 3.8) is 0 Å². The fourth-order valence-electron chi connectivity index (χ4n) is 0.913. The summed E-state index contributed by atoms with van der Waals surface area (Å²) >= 11 is 1.56. The Kier molecular flexibility index (Phi) is 3.94. The van der Waals surface area contributed by atoms with Gasteiger partial charge >= 0.3 is 0 Å². The molecule has 78 valence electrons. The van der Waals surface area contributed by atoms with Crippen LogP contribution in [0.25, 0.3) is 0 Å². The van der Waals surface area contributed by atoms with Gasteiger partial charge in [-0.1, -0.05) is 4.89 Å². The van der Waals surface area contributed by atoms with Crippen LogP contribution in [0, 0.1) is 0 Å². The molecule has 0 aromatic heterocycles. The topological polar surface area (TPSA) is 55.4 Å². The van der Waals surface area contributed by atoms with E-state index >= 15 is 0 Å². The summed E-state index contributed by atoms with van der Waals surface area (Å²) in [6.45, 7) is 0. The standard InChI is InChI=1S/C8H11NO3S2/c1-12-9-14(10,11)8-5-3-7(13-2)4-6-8/h3-6,9H,1-2H3. The molecule has 0 saturated heterocycles. The predicted molar refractivity (Wildman–Crippen MR) is 55.6 cm³/mol. The molecule has 0 amide bonds. The zero-order valence-corrected chi connectivity index (χ0v) is 9.48. The molecule has 0 aliphatic carbocycles. The molecule has 0 spiro atoms. The first-order chi connectivity index (χ1) is 6.60. The molecular formula is C8H11NO3S2. The number of hydrogen-bond acceptors (Lipinski definition) is 4. The van der Waals surface area contributed by atoms with Crippen LogP contribution in [0.4, 0.5) is 0 Å². The molecule has 1 rings (SSSR count).